The van der Waals surface area contributed by atoms with Crippen LogP contribution in [0.25, 0.3) is 0 Å². The highest BCUT2D eigenvalue weighted by atomic mass is 35.5. The maximum absolute atomic E-state index is 6.24. The van der Waals surface area contributed by atoms with Gasteiger partial charge in [-0.3, -0.25) is 0 Å². The average molecular weight is 270 g/mol. The summed E-state index contributed by atoms with van der Waals surface area (Å²) in [4.78, 5) is 4.58. The number of hydrogen-bond donors (Lipinski definition) is 1. The Morgan fingerprint density at radius 3 is 2.78 bits per heavy atom. The van der Waals surface area contributed by atoms with Crippen LogP contribution >= 0.6 is 11.6 Å². The Bertz CT molecular complexity index is 460. The summed E-state index contributed by atoms with van der Waals surface area (Å²) in [6.45, 7) is 1.87. The highest BCUT2D eigenvalue weighted by molar-refractivity contribution is 6.32. The Morgan fingerprint density at radius 1 is 1.28 bits per heavy atom. The van der Waals surface area contributed by atoms with Gasteiger partial charge in [-0.2, -0.15) is 0 Å². The van der Waals surface area contributed by atoms with Crippen LogP contribution in [0.3, 0.4) is 0 Å². The van der Waals surface area contributed by atoms with Crippen molar-refractivity contribution in [3.8, 4) is 11.5 Å². The molecular weight excluding hydrogens is 254 g/mol. The van der Waals surface area contributed by atoms with E-state index in [1.807, 2.05) is 12.1 Å². The van der Waals surface area contributed by atoms with Crippen LogP contribution in [0.1, 0.15) is 18.4 Å². The molecule has 0 aromatic heterocycles. The number of halogens is 1. The molecule has 4 nitrogen and oxygen atoms in total. The van der Waals surface area contributed by atoms with E-state index in [4.69, 9.17) is 27.0 Å². The van der Waals surface area contributed by atoms with Crippen molar-refractivity contribution in [1.82, 2.24) is 0 Å². The summed E-state index contributed by atoms with van der Waals surface area (Å²) in [6.07, 6.45) is 3.05. The Morgan fingerprint density at radius 2 is 2.06 bits per heavy atom. The van der Waals surface area contributed by atoms with E-state index < -0.39 is 0 Å². The van der Waals surface area contributed by atoms with Crippen molar-refractivity contribution >= 4 is 11.6 Å². The van der Waals surface area contributed by atoms with Crippen molar-refractivity contribution < 1.29 is 14.3 Å². The Labute approximate surface area is 111 Å². The SMILES string of the molecule is NOCCc1cc(Cl)c2c(c1)OCC1(CC1)CO2. The molecule has 3 rings (SSSR count). The number of rotatable bonds is 3. The molecule has 1 aromatic carbocycles. The highest BCUT2D eigenvalue weighted by Gasteiger charge is 2.46. The zero-order valence-electron chi connectivity index (χ0n) is 10.1. The van der Waals surface area contributed by atoms with Gasteiger partial charge in [0.1, 0.15) is 0 Å². The van der Waals surface area contributed by atoms with Crippen molar-refractivity contribution in [1.29, 1.82) is 0 Å². The fourth-order valence-electron chi connectivity index (χ4n) is 2.15. The van der Waals surface area contributed by atoms with Crippen LogP contribution in [0.4, 0.5) is 0 Å². The molecular formula is C13H16ClNO3. The first-order valence-electron chi connectivity index (χ1n) is 6.12. The van der Waals surface area contributed by atoms with Crippen LogP contribution in [0.15, 0.2) is 12.1 Å². The minimum atomic E-state index is 0.225. The predicted octanol–water partition coefficient (Wildman–Crippen LogP) is 2.32. The van der Waals surface area contributed by atoms with Gasteiger partial charge in [-0.1, -0.05) is 11.6 Å². The minimum absolute atomic E-state index is 0.225. The van der Waals surface area contributed by atoms with E-state index in [0.717, 1.165) is 11.3 Å². The fraction of sp³-hybridized carbons (Fsp3) is 0.538. The van der Waals surface area contributed by atoms with Crippen LogP contribution in [0.5, 0.6) is 11.5 Å². The molecule has 98 valence electrons. The van der Waals surface area contributed by atoms with E-state index in [1.54, 1.807) is 0 Å². The van der Waals surface area contributed by atoms with E-state index in [0.29, 0.717) is 37.0 Å². The van der Waals surface area contributed by atoms with Gasteiger partial charge in [0.15, 0.2) is 11.5 Å². The number of ether oxygens (including phenoxy) is 2. The van der Waals surface area contributed by atoms with Crippen LogP contribution in [-0.4, -0.2) is 19.8 Å². The molecule has 0 atom stereocenters. The molecule has 1 heterocycles. The third kappa shape index (κ3) is 2.28. The number of fused-ring (bicyclic) bond motifs is 1. The van der Waals surface area contributed by atoms with Gasteiger partial charge < -0.3 is 14.3 Å². The topological polar surface area (TPSA) is 53.7 Å². The Kier molecular flexibility index (Phi) is 3.09. The van der Waals surface area contributed by atoms with E-state index in [9.17, 15) is 0 Å². The van der Waals surface area contributed by atoms with Crippen molar-refractivity contribution in [2.75, 3.05) is 19.8 Å². The van der Waals surface area contributed by atoms with Gasteiger partial charge in [0.05, 0.1) is 24.8 Å². The summed E-state index contributed by atoms with van der Waals surface area (Å²) < 4.78 is 11.6. The van der Waals surface area contributed by atoms with Crippen molar-refractivity contribution in [2.24, 2.45) is 11.3 Å². The lowest BCUT2D eigenvalue weighted by molar-refractivity contribution is 0.141. The Balaban J connectivity index is 1.84. The lowest BCUT2D eigenvalue weighted by Crippen LogP contribution is -2.17. The maximum atomic E-state index is 6.24. The van der Waals surface area contributed by atoms with Gasteiger partial charge in [0, 0.05) is 5.41 Å². The van der Waals surface area contributed by atoms with Crippen molar-refractivity contribution in [2.45, 2.75) is 19.3 Å². The Hall–Kier alpha value is -0.970. The molecule has 0 saturated heterocycles. The summed E-state index contributed by atoms with van der Waals surface area (Å²) in [5.41, 5.74) is 1.27. The lowest BCUT2D eigenvalue weighted by atomic mass is 10.1. The van der Waals surface area contributed by atoms with Crippen LogP contribution in [-0.2, 0) is 11.3 Å². The first-order chi connectivity index (χ1) is 8.72. The molecule has 18 heavy (non-hydrogen) atoms. The second-order valence-corrected chi connectivity index (χ2v) is 5.51. The first kappa shape index (κ1) is 12.1. The van der Waals surface area contributed by atoms with Gasteiger partial charge in [-0.25, -0.2) is 5.90 Å². The first-order valence-corrected chi connectivity index (χ1v) is 6.50. The van der Waals surface area contributed by atoms with Crippen molar-refractivity contribution in [3.05, 3.63) is 22.7 Å². The van der Waals surface area contributed by atoms with Gasteiger partial charge >= 0.3 is 0 Å². The molecule has 0 bridgehead atoms. The monoisotopic (exact) mass is 269 g/mol. The molecule has 1 fully saturated rings. The van der Waals surface area contributed by atoms with Crippen molar-refractivity contribution in [3.63, 3.8) is 0 Å². The minimum Gasteiger partial charge on any atom is -0.489 e. The van der Waals surface area contributed by atoms with Gasteiger partial charge in [-0.05, 0) is 37.0 Å². The second-order valence-electron chi connectivity index (χ2n) is 5.10. The molecule has 2 N–H and O–H groups in total. The quantitative estimate of drug-likeness (QED) is 0.856. The number of hydrogen-bond acceptors (Lipinski definition) is 4. The summed E-state index contributed by atoms with van der Waals surface area (Å²) in [7, 11) is 0. The average Bonchev–Trinajstić information content (AvgIpc) is 3.15. The van der Waals surface area contributed by atoms with Crippen LogP contribution < -0.4 is 15.4 Å². The third-order valence-electron chi connectivity index (χ3n) is 3.59. The standard InChI is InChI=1S/C13H16ClNO3/c14-10-5-9(1-4-18-15)6-11-12(10)17-8-13(2-3-13)7-16-11/h5-6H,1-4,7-8,15H2. The fourth-order valence-corrected chi connectivity index (χ4v) is 2.44. The second kappa shape index (κ2) is 4.61. The predicted molar refractivity (Wildman–Crippen MR) is 68.0 cm³/mol. The van der Waals surface area contributed by atoms with E-state index >= 15 is 0 Å². The summed E-state index contributed by atoms with van der Waals surface area (Å²) in [6, 6.07) is 3.84. The smallest absolute Gasteiger partial charge is 0.179 e. The zero-order chi connectivity index (χ0) is 12.6. The molecule has 1 aliphatic heterocycles. The highest BCUT2D eigenvalue weighted by Crippen LogP contribution is 2.50. The molecule has 0 unspecified atom stereocenters. The van der Waals surface area contributed by atoms with Crippen LogP contribution in [0.2, 0.25) is 5.02 Å². The zero-order valence-corrected chi connectivity index (χ0v) is 10.8. The molecule has 1 saturated carbocycles. The molecule has 0 radical (unpaired) electrons. The summed E-state index contributed by atoms with van der Waals surface area (Å²) >= 11 is 6.24. The third-order valence-corrected chi connectivity index (χ3v) is 3.87. The molecule has 1 aliphatic carbocycles. The molecule has 5 heteroatoms. The van der Waals surface area contributed by atoms with E-state index in [1.165, 1.54) is 12.8 Å². The van der Waals surface area contributed by atoms with Gasteiger partial charge in [0.25, 0.3) is 0 Å². The van der Waals surface area contributed by atoms with E-state index in [2.05, 4.69) is 4.84 Å². The lowest BCUT2D eigenvalue weighted by Gasteiger charge is -2.11. The van der Waals surface area contributed by atoms with Gasteiger partial charge in [-0.15, -0.1) is 0 Å². The normalized spacial score (nSPS) is 19.7. The summed E-state index contributed by atoms with van der Waals surface area (Å²) in [5.74, 6) is 6.43. The molecule has 2 aliphatic rings. The molecule has 1 aromatic rings. The van der Waals surface area contributed by atoms with Crippen LogP contribution in [0, 0.1) is 5.41 Å². The molecule has 0 amide bonds. The van der Waals surface area contributed by atoms with Gasteiger partial charge in [0.2, 0.25) is 0 Å². The largest absolute Gasteiger partial charge is 0.489 e. The summed E-state index contributed by atoms with van der Waals surface area (Å²) in [5, 5.41) is 0.595. The number of benzene rings is 1. The van der Waals surface area contributed by atoms with E-state index in [-0.39, 0.29) is 5.41 Å². The molecule has 1 spiro atoms. The maximum Gasteiger partial charge on any atom is 0.179 e. The number of nitrogens with two attached hydrogens (primary N) is 1.